The minimum atomic E-state index is 0.138. The molecule has 2 rings (SSSR count). The van der Waals surface area contributed by atoms with E-state index in [-0.39, 0.29) is 12.5 Å². The lowest BCUT2D eigenvalue weighted by molar-refractivity contribution is 0.0724. The number of hydrogen-bond donors (Lipinski definition) is 1. The lowest BCUT2D eigenvalue weighted by atomic mass is 10.1. The molecule has 98 valence electrons. The van der Waals surface area contributed by atoms with Crippen molar-refractivity contribution in [3.63, 3.8) is 0 Å². The molecule has 0 bridgehead atoms. The molecule has 0 saturated carbocycles. The third-order valence-corrected chi connectivity index (χ3v) is 3.60. The maximum atomic E-state index is 12.4. The van der Waals surface area contributed by atoms with Crippen molar-refractivity contribution in [1.29, 1.82) is 0 Å². The van der Waals surface area contributed by atoms with Gasteiger partial charge in [-0.25, -0.2) is 0 Å². The zero-order chi connectivity index (χ0) is 13.0. The van der Waals surface area contributed by atoms with Gasteiger partial charge in [-0.1, -0.05) is 17.7 Å². The summed E-state index contributed by atoms with van der Waals surface area (Å²) in [5.74, 6) is 0.138. The van der Waals surface area contributed by atoms with Gasteiger partial charge < -0.3 is 10.0 Å². The number of carbonyl (C=O) groups excluding carboxylic acids is 1. The van der Waals surface area contributed by atoms with E-state index in [0.717, 1.165) is 43.4 Å². The highest BCUT2D eigenvalue weighted by molar-refractivity contribution is 5.94. The maximum absolute atomic E-state index is 12.4. The fraction of sp³-hybridized carbons (Fsp3) is 0.533. The highest BCUT2D eigenvalue weighted by Crippen LogP contribution is 2.23. The summed E-state index contributed by atoms with van der Waals surface area (Å²) in [6, 6.07) is 8.08. The Labute approximate surface area is 108 Å². The van der Waals surface area contributed by atoms with E-state index in [1.54, 1.807) is 0 Å². The molecule has 3 heteroatoms. The van der Waals surface area contributed by atoms with Crippen molar-refractivity contribution >= 4 is 5.91 Å². The van der Waals surface area contributed by atoms with Crippen LogP contribution < -0.4 is 0 Å². The van der Waals surface area contributed by atoms with Crippen LogP contribution in [-0.4, -0.2) is 35.1 Å². The molecule has 0 aromatic heterocycles. The topological polar surface area (TPSA) is 40.5 Å². The van der Waals surface area contributed by atoms with Crippen LogP contribution in [-0.2, 0) is 0 Å². The number of nitrogens with zero attached hydrogens (tertiary/aromatic N) is 1. The van der Waals surface area contributed by atoms with E-state index in [1.165, 1.54) is 0 Å². The molecule has 3 nitrogen and oxygen atoms in total. The Balaban J connectivity index is 2.08. The molecule has 1 aromatic rings. The molecule has 1 amide bonds. The summed E-state index contributed by atoms with van der Waals surface area (Å²) in [6.45, 7) is 3.07. The summed E-state index contributed by atoms with van der Waals surface area (Å²) in [7, 11) is 0. The van der Waals surface area contributed by atoms with Gasteiger partial charge in [-0.3, -0.25) is 4.79 Å². The van der Waals surface area contributed by atoms with Crippen molar-refractivity contribution in [1.82, 2.24) is 4.90 Å². The number of aryl methyl sites for hydroxylation is 1. The number of carbonyl (C=O) groups is 1. The van der Waals surface area contributed by atoms with Crippen LogP contribution in [0.3, 0.4) is 0 Å². The van der Waals surface area contributed by atoms with Gasteiger partial charge in [-0.05, 0) is 44.7 Å². The van der Waals surface area contributed by atoms with Crippen LogP contribution in [0.5, 0.6) is 0 Å². The third kappa shape index (κ3) is 2.91. The Hall–Kier alpha value is -1.35. The van der Waals surface area contributed by atoms with E-state index in [9.17, 15) is 4.79 Å². The normalized spacial score (nSPS) is 19.2. The number of hydrogen-bond acceptors (Lipinski definition) is 2. The lowest BCUT2D eigenvalue weighted by Gasteiger charge is -2.24. The summed E-state index contributed by atoms with van der Waals surface area (Å²) in [4.78, 5) is 14.4. The molecular weight excluding hydrogens is 226 g/mol. The second-order valence-electron chi connectivity index (χ2n) is 5.03. The van der Waals surface area contributed by atoms with Crippen LogP contribution in [0.4, 0.5) is 0 Å². The first-order valence-electron chi connectivity index (χ1n) is 6.71. The molecule has 0 radical (unpaired) electrons. The van der Waals surface area contributed by atoms with Crippen molar-refractivity contribution < 1.29 is 9.90 Å². The van der Waals surface area contributed by atoms with Crippen molar-refractivity contribution in [2.24, 2.45) is 0 Å². The minimum absolute atomic E-state index is 0.138. The highest BCUT2D eigenvalue weighted by Gasteiger charge is 2.28. The Morgan fingerprint density at radius 1 is 1.50 bits per heavy atom. The molecule has 1 aliphatic rings. The second kappa shape index (κ2) is 6.01. The summed E-state index contributed by atoms with van der Waals surface area (Å²) in [5, 5.41) is 8.90. The van der Waals surface area contributed by atoms with E-state index in [4.69, 9.17) is 5.11 Å². The molecule has 1 N–H and O–H groups in total. The van der Waals surface area contributed by atoms with Crippen LogP contribution >= 0.6 is 0 Å². The first-order chi connectivity index (χ1) is 8.72. The third-order valence-electron chi connectivity index (χ3n) is 3.60. The zero-order valence-electron chi connectivity index (χ0n) is 10.9. The standard InChI is InChI=1S/C15H21NO2/c1-12-5-2-6-13(11-12)15(18)16-9-3-7-14(16)8-4-10-17/h2,5-6,11,14,17H,3-4,7-10H2,1H3. The molecule has 1 aromatic carbocycles. The Bertz CT molecular complexity index is 417. The fourth-order valence-corrected chi connectivity index (χ4v) is 2.67. The summed E-state index contributed by atoms with van der Waals surface area (Å²) >= 11 is 0. The molecule has 0 aliphatic carbocycles. The van der Waals surface area contributed by atoms with Gasteiger partial charge >= 0.3 is 0 Å². The Morgan fingerprint density at radius 2 is 2.33 bits per heavy atom. The van der Waals surface area contributed by atoms with Crippen molar-refractivity contribution in [3.05, 3.63) is 35.4 Å². The smallest absolute Gasteiger partial charge is 0.254 e. The number of benzene rings is 1. The monoisotopic (exact) mass is 247 g/mol. The number of rotatable bonds is 4. The predicted octanol–water partition coefficient (Wildman–Crippen LogP) is 2.37. The first kappa shape index (κ1) is 13.1. The number of likely N-dealkylation sites (tertiary alicyclic amines) is 1. The summed E-state index contributed by atoms with van der Waals surface area (Å²) < 4.78 is 0. The van der Waals surface area contributed by atoms with Gasteiger partial charge in [-0.15, -0.1) is 0 Å². The van der Waals surface area contributed by atoms with E-state index in [1.807, 2.05) is 36.1 Å². The molecule has 1 heterocycles. The van der Waals surface area contributed by atoms with Gasteiger partial charge in [-0.2, -0.15) is 0 Å². The van der Waals surface area contributed by atoms with Gasteiger partial charge in [0.15, 0.2) is 0 Å². The molecule has 1 aliphatic heterocycles. The van der Waals surface area contributed by atoms with E-state index >= 15 is 0 Å². The first-order valence-corrected chi connectivity index (χ1v) is 6.71. The largest absolute Gasteiger partial charge is 0.396 e. The number of aliphatic hydroxyl groups is 1. The molecule has 18 heavy (non-hydrogen) atoms. The van der Waals surface area contributed by atoms with Crippen molar-refractivity contribution in [3.8, 4) is 0 Å². The molecular formula is C15H21NO2. The van der Waals surface area contributed by atoms with Crippen LogP contribution in [0.2, 0.25) is 0 Å². The molecule has 1 saturated heterocycles. The van der Waals surface area contributed by atoms with E-state index in [0.29, 0.717) is 6.04 Å². The Kier molecular flexibility index (Phi) is 4.37. The summed E-state index contributed by atoms with van der Waals surface area (Å²) in [6.07, 6.45) is 3.83. The van der Waals surface area contributed by atoms with E-state index in [2.05, 4.69) is 0 Å². The maximum Gasteiger partial charge on any atom is 0.254 e. The average molecular weight is 247 g/mol. The SMILES string of the molecule is Cc1cccc(C(=O)N2CCCC2CCCO)c1. The van der Waals surface area contributed by atoms with Gasteiger partial charge in [0.1, 0.15) is 0 Å². The van der Waals surface area contributed by atoms with Gasteiger partial charge in [0.25, 0.3) is 5.91 Å². The Morgan fingerprint density at radius 3 is 3.06 bits per heavy atom. The highest BCUT2D eigenvalue weighted by atomic mass is 16.3. The molecule has 1 fully saturated rings. The van der Waals surface area contributed by atoms with Crippen LogP contribution in [0, 0.1) is 6.92 Å². The average Bonchev–Trinajstić information content (AvgIpc) is 2.83. The number of amides is 1. The fourth-order valence-electron chi connectivity index (χ4n) is 2.67. The lowest BCUT2D eigenvalue weighted by Crippen LogP contribution is -2.35. The van der Waals surface area contributed by atoms with Crippen LogP contribution in [0.25, 0.3) is 0 Å². The quantitative estimate of drug-likeness (QED) is 0.887. The molecule has 1 atom stereocenters. The zero-order valence-corrected chi connectivity index (χ0v) is 10.9. The summed E-state index contributed by atoms with van der Waals surface area (Å²) in [5.41, 5.74) is 1.90. The van der Waals surface area contributed by atoms with E-state index < -0.39 is 0 Å². The van der Waals surface area contributed by atoms with Gasteiger partial charge in [0, 0.05) is 24.8 Å². The van der Waals surface area contributed by atoms with Crippen molar-refractivity contribution in [2.75, 3.05) is 13.2 Å². The number of aliphatic hydroxyl groups excluding tert-OH is 1. The van der Waals surface area contributed by atoms with Gasteiger partial charge in [0.05, 0.1) is 0 Å². The van der Waals surface area contributed by atoms with Crippen molar-refractivity contribution in [2.45, 2.75) is 38.6 Å². The van der Waals surface area contributed by atoms with Crippen LogP contribution in [0.15, 0.2) is 24.3 Å². The second-order valence-corrected chi connectivity index (χ2v) is 5.03. The minimum Gasteiger partial charge on any atom is -0.396 e. The predicted molar refractivity (Wildman–Crippen MR) is 71.6 cm³/mol. The van der Waals surface area contributed by atoms with Gasteiger partial charge in [0.2, 0.25) is 0 Å². The molecule has 0 spiro atoms. The van der Waals surface area contributed by atoms with Crippen LogP contribution in [0.1, 0.15) is 41.6 Å². The molecule has 1 unspecified atom stereocenters.